The van der Waals surface area contributed by atoms with Gasteiger partial charge >= 0.3 is 0 Å². The first-order chi connectivity index (χ1) is 34.9. The van der Waals surface area contributed by atoms with Crippen molar-refractivity contribution in [1.82, 2.24) is 9.97 Å². The van der Waals surface area contributed by atoms with Crippen LogP contribution >= 0.6 is 11.8 Å². The van der Waals surface area contributed by atoms with Crippen molar-refractivity contribution < 1.29 is 4.42 Å². The lowest BCUT2D eigenvalue weighted by Crippen LogP contribution is -2.30. The molecule has 2 aliphatic rings. The third kappa shape index (κ3) is 6.01. The van der Waals surface area contributed by atoms with Crippen molar-refractivity contribution in [1.29, 1.82) is 0 Å². The lowest BCUT2D eigenvalue weighted by molar-refractivity contribution is 0.630. The molecule has 0 saturated heterocycles. The highest BCUT2D eigenvalue weighted by Gasteiger charge is 2.38. The maximum absolute atomic E-state index is 6.89. The second-order valence-corrected chi connectivity index (χ2v) is 20.5. The van der Waals surface area contributed by atoms with Gasteiger partial charge in [0.05, 0.1) is 22.7 Å². The molecule has 2 aliphatic heterocycles. The Labute approximate surface area is 414 Å². The summed E-state index contributed by atoms with van der Waals surface area (Å²) in [6.07, 6.45) is 7.73. The number of anilines is 6. The first kappa shape index (κ1) is 40.2. The number of hydrogen-bond donors (Lipinski definition) is 0. The van der Waals surface area contributed by atoms with Crippen LogP contribution in [0, 0.1) is 0 Å². The fourth-order valence-electron chi connectivity index (χ4n) is 11.8. The standard InChI is InChI=1S/C65H42N4OS/c1-65(2)53-17-5-6-18-55(53)68(58-36-60-50(35-54(58)65)49-31-43-29-39-13-3-4-14-40(39)30-44(43)32-59(49)70-60)45-23-25-47-51(33-45)63(41-15-11-27-66-37-41)48-26-24-46(34-52(48)64(47)42-16-12-28-67-38-42)69-56-19-7-9-21-61(56)71-62-22-10-8-20-57(62)69/h3-38H,1-2H3. The minimum Gasteiger partial charge on any atom is -0.456 e. The Hall–Kier alpha value is -8.71. The highest BCUT2D eigenvalue weighted by Crippen LogP contribution is 2.56. The van der Waals surface area contributed by atoms with Gasteiger partial charge in [0.15, 0.2) is 0 Å². The molecule has 0 fully saturated rings. The van der Waals surface area contributed by atoms with Crippen molar-refractivity contribution >= 4 is 111 Å². The summed E-state index contributed by atoms with van der Waals surface area (Å²) in [7, 11) is 0. The van der Waals surface area contributed by atoms with Gasteiger partial charge in [0, 0.05) is 79.3 Å². The smallest absolute Gasteiger partial charge is 0.137 e. The van der Waals surface area contributed by atoms with E-state index in [1.165, 1.54) is 53.8 Å². The van der Waals surface area contributed by atoms with Crippen molar-refractivity contribution in [3.05, 3.63) is 230 Å². The van der Waals surface area contributed by atoms with E-state index in [-0.39, 0.29) is 5.41 Å². The van der Waals surface area contributed by atoms with Crippen LogP contribution in [0.4, 0.5) is 34.1 Å². The zero-order chi connectivity index (χ0) is 47.0. The molecule has 71 heavy (non-hydrogen) atoms. The number of furan rings is 1. The number of para-hydroxylation sites is 3. The molecule has 0 radical (unpaired) electrons. The minimum atomic E-state index is -0.305. The van der Waals surface area contributed by atoms with Gasteiger partial charge in [0.25, 0.3) is 0 Å². The fourth-order valence-corrected chi connectivity index (χ4v) is 12.9. The number of benzene rings is 10. The van der Waals surface area contributed by atoms with Crippen molar-refractivity contribution in [3.63, 3.8) is 0 Å². The topological polar surface area (TPSA) is 45.4 Å². The van der Waals surface area contributed by atoms with Gasteiger partial charge in [-0.3, -0.25) is 9.97 Å². The van der Waals surface area contributed by atoms with Gasteiger partial charge in [-0.2, -0.15) is 0 Å². The minimum absolute atomic E-state index is 0.305. The Bertz CT molecular complexity index is 4330. The van der Waals surface area contributed by atoms with Gasteiger partial charge in [-0.15, -0.1) is 0 Å². The second-order valence-electron chi connectivity index (χ2n) is 19.4. The van der Waals surface area contributed by atoms with Crippen LogP contribution in [0.25, 0.3) is 87.3 Å². The van der Waals surface area contributed by atoms with Crippen molar-refractivity contribution in [3.8, 4) is 22.3 Å². The lowest BCUT2D eigenvalue weighted by atomic mass is 9.73. The van der Waals surface area contributed by atoms with Crippen LogP contribution in [0.1, 0.15) is 25.0 Å². The average Bonchev–Trinajstić information content (AvgIpc) is 3.76. The molecule has 15 rings (SSSR count). The zero-order valence-corrected chi connectivity index (χ0v) is 39.7. The number of rotatable bonds is 4. The van der Waals surface area contributed by atoms with E-state index in [9.17, 15) is 0 Å². The Morgan fingerprint density at radius 1 is 0.394 bits per heavy atom. The number of hydrogen-bond acceptors (Lipinski definition) is 6. The van der Waals surface area contributed by atoms with Crippen LogP contribution in [0.2, 0.25) is 0 Å². The third-order valence-corrected chi connectivity index (χ3v) is 16.2. The summed E-state index contributed by atoms with van der Waals surface area (Å²) < 4.78 is 6.89. The molecule has 13 aromatic rings. The van der Waals surface area contributed by atoms with E-state index < -0.39 is 0 Å². The van der Waals surface area contributed by atoms with Gasteiger partial charge in [-0.25, -0.2) is 0 Å². The summed E-state index contributed by atoms with van der Waals surface area (Å²) in [5.74, 6) is 0. The molecule has 334 valence electrons. The number of aromatic nitrogens is 2. The Balaban J connectivity index is 0.989. The molecule has 0 N–H and O–H groups in total. The van der Waals surface area contributed by atoms with E-state index in [0.29, 0.717) is 0 Å². The summed E-state index contributed by atoms with van der Waals surface area (Å²) in [5, 5.41) is 11.6. The maximum atomic E-state index is 6.89. The lowest BCUT2D eigenvalue weighted by Gasteiger charge is -2.42. The number of fused-ring (bicyclic) bond motifs is 11. The highest BCUT2D eigenvalue weighted by atomic mass is 32.2. The molecule has 10 aromatic carbocycles. The Kier molecular flexibility index (Phi) is 8.58. The second kappa shape index (κ2) is 15.1. The molecular formula is C65H42N4OS. The summed E-state index contributed by atoms with van der Waals surface area (Å²) in [6, 6.07) is 71.2. The van der Waals surface area contributed by atoms with Crippen LogP contribution in [0.3, 0.4) is 0 Å². The molecular weight excluding hydrogens is 885 g/mol. The van der Waals surface area contributed by atoms with Crippen LogP contribution in [0.5, 0.6) is 0 Å². The molecule has 0 atom stereocenters. The molecule has 3 aromatic heterocycles. The van der Waals surface area contributed by atoms with E-state index in [2.05, 4.69) is 206 Å². The molecule has 0 unspecified atom stereocenters. The van der Waals surface area contributed by atoms with Gasteiger partial charge in [0.2, 0.25) is 0 Å². The fraction of sp³-hybridized carbons (Fsp3) is 0.0462. The molecule has 0 bridgehead atoms. The molecule has 5 nitrogen and oxygen atoms in total. The Morgan fingerprint density at radius 3 is 1.52 bits per heavy atom. The van der Waals surface area contributed by atoms with Crippen LogP contribution in [-0.2, 0) is 5.41 Å². The van der Waals surface area contributed by atoms with Crippen LogP contribution < -0.4 is 9.80 Å². The van der Waals surface area contributed by atoms with Gasteiger partial charge in [0.1, 0.15) is 11.2 Å². The Morgan fingerprint density at radius 2 is 0.915 bits per heavy atom. The quantitative estimate of drug-likeness (QED) is 0.164. The number of pyridine rings is 2. The van der Waals surface area contributed by atoms with Crippen molar-refractivity contribution in [2.24, 2.45) is 0 Å². The van der Waals surface area contributed by atoms with Gasteiger partial charge < -0.3 is 14.2 Å². The van der Waals surface area contributed by atoms with E-state index >= 15 is 0 Å². The highest BCUT2D eigenvalue weighted by molar-refractivity contribution is 7.99. The van der Waals surface area contributed by atoms with Gasteiger partial charge in [-0.05, 0) is 162 Å². The van der Waals surface area contributed by atoms with E-state index in [4.69, 9.17) is 14.4 Å². The molecule has 0 aliphatic carbocycles. The monoisotopic (exact) mass is 926 g/mol. The normalized spacial score (nSPS) is 13.8. The molecule has 0 spiro atoms. The van der Waals surface area contributed by atoms with Crippen molar-refractivity contribution in [2.45, 2.75) is 29.1 Å². The average molecular weight is 927 g/mol. The first-order valence-electron chi connectivity index (χ1n) is 24.2. The molecule has 6 heteroatoms. The molecule has 0 amide bonds. The summed E-state index contributed by atoms with van der Waals surface area (Å²) in [6.45, 7) is 4.72. The van der Waals surface area contributed by atoms with Gasteiger partial charge in [-0.1, -0.05) is 117 Å². The van der Waals surface area contributed by atoms with Crippen LogP contribution in [-0.4, -0.2) is 9.97 Å². The third-order valence-electron chi connectivity index (χ3n) is 15.1. The zero-order valence-electron chi connectivity index (χ0n) is 38.9. The summed E-state index contributed by atoms with van der Waals surface area (Å²) >= 11 is 1.83. The molecule has 5 heterocycles. The van der Waals surface area contributed by atoms with Crippen LogP contribution in [0.15, 0.2) is 233 Å². The summed E-state index contributed by atoms with van der Waals surface area (Å²) in [4.78, 5) is 16.8. The first-order valence-corrected chi connectivity index (χ1v) is 25.0. The summed E-state index contributed by atoms with van der Waals surface area (Å²) in [5.41, 5.74) is 15.1. The molecule has 0 saturated carbocycles. The van der Waals surface area contributed by atoms with E-state index in [1.807, 2.05) is 48.7 Å². The van der Waals surface area contributed by atoms with E-state index in [1.54, 1.807) is 0 Å². The van der Waals surface area contributed by atoms with Crippen molar-refractivity contribution in [2.75, 3.05) is 9.80 Å². The van der Waals surface area contributed by atoms with E-state index in [0.717, 1.165) is 88.5 Å². The SMILES string of the molecule is CC1(C)c2ccccc2N(c2ccc3c(-c4cccnc4)c4cc(N5c6ccccc6Sc6ccccc65)ccc4c(-c4cccnc4)c3c2)c2cc3oc4cc5cc6ccccc6cc5cc4c3cc21. The maximum Gasteiger partial charge on any atom is 0.137 e. The largest absolute Gasteiger partial charge is 0.456 e. The predicted octanol–water partition coefficient (Wildman–Crippen LogP) is 18.4. The predicted molar refractivity (Wildman–Crippen MR) is 296 cm³/mol. The number of nitrogens with zero attached hydrogens (tertiary/aromatic N) is 4.